The van der Waals surface area contributed by atoms with Gasteiger partial charge in [0.1, 0.15) is 11.4 Å². The van der Waals surface area contributed by atoms with Crippen LogP contribution in [0.5, 0.6) is 0 Å². The molecule has 1 aliphatic rings. The molecule has 1 fully saturated rings. The van der Waals surface area contributed by atoms with E-state index in [9.17, 15) is 37.5 Å². The Morgan fingerprint density at radius 3 is 2.38 bits per heavy atom. The van der Waals surface area contributed by atoms with E-state index in [4.69, 9.17) is 0 Å². The van der Waals surface area contributed by atoms with Gasteiger partial charge in [0.05, 0.1) is 10.8 Å². The first-order valence-electron chi connectivity index (χ1n) is 10.1. The highest BCUT2D eigenvalue weighted by atomic mass is 32.2. The van der Waals surface area contributed by atoms with Gasteiger partial charge in [-0.1, -0.05) is 54.2 Å². The van der Waals surface area contributed by atoms with Crippen LogP contribution in [-0.4, -0.2) is 49.8 Å². The van der Waals surface area contributed by atoms with E-state index in [1.165, 1.54) is 19.1 Å². The number of halogens is 3. The fraction of sp³-hybridized carbons (Fsp3) is 0.304. The molecule has 1 N–H and O–H groups in total. The number of rotatable bonds is 7. The van der Waals surface area contributed by atoms with Gasteiger partial charge >= 0.3 is 12.1 Å². The predicted octanol–water partition coefficient (Wildman–Crippen LogP) is 4.65. The maximum atomic E-state index is 13.5. The number of alkyl halides is 3. The lowest BCUT2D eigenvalue weighted by Crippen LogP contribution is -2.47. The largest absolute Gasteiger partial charge is 0.480 e. The van der Waals surface area contributed by atoms with Crippen LogP contribution in [-0.2, 0) is 20.6 Å². The number of Topliss-reactive ketones (excluding diaryl/α,β-unsaturated/α-hetero) is 1. The van der Waals surface area contributed by atoms with E-state index in [0.29, 0.717) is 17.3 Å². The number of carboxylic acid groups (broad SMARTS) is 1. The van der Waals surface area contributed by atoms with E-state index in [1.54, 1.807) is 30.3 Å². The Labute approximate surface area is 201 Å². The molecule has 2 aromatic carbocycles. The van der Waals surface area contributed by atoms with Crippen molar-refractivity contribution in [1.29, 1.82) is 0 Å². The van der Waals surface area contributed by atoms with E-state index in [1.807, 2.05) is 0 Å². The second kappa shape index (κ2) is 10.6. The summed E-state index contributed by atoms with van der Waals surface area (Å²) in [5, 5.41) is 6.99. The Kier molecular flexibility index (Phi) is 8.09. The third kappa shape index (κ3) is 6.01. The molecule has 0 radical (unpaired) electrons. The highest BCUT2D eigenvalue weighted by Crippen LogP contribution is 2.44. The van der Waals surface area contributed by atoms with Crippen molar-refractivity contribution >= 4 is 46.3 Å². The molecule has 0 spiro atoms. The van der Waals surface area contributed by atoms with E-state index in [0.717, 1.165) is 28.8 Å². The molecular formula is C23H20F3NO5S2. The number of nitrogens with zero attached hydrogens (tertiary/aromatic N) is 1. The Balaban J connectivity index is 1.96. The smallest absolute Gasteiger partial charge is 0.416 e. The van der Waals surface area contributed by atoms with Crippen LogP contribution in [0.25, 0.3) is 0 Å². The molecule has 3 rings (SSSR count). The van der Waals surface area contributed by atoms with Gasteiger partial charge in [-0.15, -0.1) is 11.8 Å². The van der Waals surface area contributed by atoms with Gasteiger partial charge in [-0.3, -0.25) is 14.4 Å². The van der Waals surface area contributed by atoms with Gasteiger partial charge in [-0.25, -0.2) is 4.79 Å². The molecule has 1 amide bonds. The van der Waals surface area contributed by atoms with Crippen LogP contribution in [0.3, 0.4) is 0 Å². The average molecular weight is 512 g/mol. The monoisotopic (exact) mass is 511 g/mol. The highest BCUT2D eigenvalue weighted by Gasteiger charge is 2.45. The molecule has 11 heteroatoms. The van der Waals surface area contributed by atoms with E-state index in [-0.39, 0.29) is 17.7 Å². The summed E-state index contributed by atoms with van der Waals surface area (Å²) in [5.74, 6) is -2.57. The molecule has 0 saturated carbocycles. The van der Waals surface area contributed by atoms with Crippen molar-refractivity contribution in [2.24, 2.45) is 0 Å². The molecule has 0 aliphatic carbocycles. The minimum absolute atomic E-state index is 0.0495. The average Bonchev–Trinajstić information content (AvgIpc) is 3.23. The summed E-state index contributed by atoms with van der Waals surface area (Å²) in [6.07, 6.45) is -4.98. The Morgan fingerprint density at radius 2 is 1.79 bits per heavy atom. The number of carboxylic acids is 1. The number of benzene rings is 2. The first-order chi connectivity index (χ1) is 16.0. The van der Waals surface area contributed by atoms with Crippen LogP contribution >= 0.6 is 23.5 Å². The zero-order chi connectivity index (χ0) is 25.0. The number of ketones is 1. The molecule has 1 aliphatic heterocycles. The quantitative estimate of drug-likeness (QED) is 0.541. The van der Waals surface area contributed by atoms with Crippen LogP contribution in [0.1, 0.15) is 40.2 Å². The summed E-state index contributed by atoms with van der Waals surface area (Å²) in [5.41, 5.74) is -0.493. The highest BCUT2D eigenvalue weighted by molar-refractivity contribution is 8.14. The van der Waals surface area contributed by atoms with Gasteiger partial charge in [0, 0.05) is 24.7 Å². The molecule has 1 saturated heterocycles. The molecular weight excluding hydrogens is 491 g/mol. The summed E-state index contributed by atoms with van der Waals surface area (Å²) < 4.78 is 39.7. The molecule has 6 nitrogen and oxygen atoms in total. The van der Waals surface area contributed by atoms with Crippen molar-refractivity contribution in [2.75, 3.05) is 5.75 Å². The lowest BCUT2D eigenvalue weighted by atomic mass is 10.0. The van der Waals surface area contributed by atoms with Gasteiger partial charge < -0.3 is 10.0 Å². The van der Waals surface area contributed by atoms with Crippen molar-refractivity contribution in [3.63, 3.8) is 0 Å². The second-order valence-electron chi connectivity index (χ2n) is 7.50. The zero-order valence-electron chi connectivity index (χ0n) is 17.8. The van der Waals surface area contributed by atoms with Gasteiger partial charge in [0.25, 0.3) is 0 Å². The topological polar surface area (TPSA) is 91.8 Å². The number of aliphatic carboxylic acids is 1. The fourth-order valence-electron chi connectivity index (χ4n) is 3.55. The molecule has 0 aromatic heterocycles. The van der Waals surface area contributed by atoms with Crippen molar-refractivity contribution in [3.8, 4) is 0 Å². The van der Waals surface area contributed by atoms with Gasteiger partial charge in [-0.05, 0) is 17.7 Å². The third-order valence-electron chi connectivity index (χ3n) is 5.09. The number of carbonyl (C=O) groups is 4. The first-order valence-corrected chi connectivity index (χ1v) is 12.0. The fourth-order valence-corrected chi connectivity index (χ4v) is 5.82. The number of hydrogen-bond acceptors (Lipinski definition) is 6. The minimum atomic E-state index is -4.62. The number of hydrogen-bond donors (Lipinski definition) is 1. The number of carbonyl (C=O) groups excluding carboxylic acids is 3. The van der Waals surface area contributed by atoms with Crippen molar-refractivity contribution < 1.29 is 37.5 Å². The van der Waals surface area contributed by atoms with E-state index < -0.39 is 51.2 Å². The van der Waals surface area contributed by atoms with Crippen LogP contribution < -0.4 is 0 Å². The lowest BCUT2D eigenvalue weighted by molar-refractivity contribution is -0.149. The summed E-state index contributed by atoms with van der Waals surface area (Å²) in [4.78, 5) is 51.0. The zero-order valence-corrected chi connectivity index (χ0v) is 19.5. The predicted molar refractivity (Wildman–Crippen MR) is 122 cm³/mol. The maximum absolute atomic E-state index is 13.5. The molecule has 180 valence electrons. The summed E-state index contributed by atoms with van der Waals surface area (Å²) >= 11 is 1.62. The normalized spacial score (nSPS) is 19.0. The Bertz CT molecular complexity index is 1090. The molecule has 2 aromatic rings. The number of amides is 1. The van der Waals surface area contributed by atoms with Crippen molar-refractivity contribution in [2.45, 2.75) is 36.2 Å². The summed E-state index contributed by atoms with van der Waals surface area (Å²) in [6.45, 7) is 1.22. The van der Waals surface area contributed by atoms with E-state index in [2.05, 4.69) is 0 Å². The molecule has 1 heterocycles. The lowest BCUT2D eigenvalue weighted by Gasteiger charge is -2.31. The molecule has 3 atom stereocenters. The molecule has 2 unspecified atom stereocenters. The minimum Gasteiger partial charge on any atom is -0.480 e. The van der Waals surface area contributed by atoms with Gasteiger partial charge in [0.2, 0.25) is 5.91 Å². The molecule has 0 bridgehead atoms. The van der Waals surface area contributed by atoms with Crippen LogP contribution in [0.4, 0.5) is 13.2 Å². The van der Waals surface area contributed by atoms with Crippen LogP contribution in [0.15, 0.2) is 54.6 Å². The molecule has 34 heavy (non-hydrogen) atoms. The van der Waals surface area contributed by atoms with Crippen molar-refractivity contribution in [1.82, 2.24) is 4.90 Å². The van der Waals surface area contributed by atoms with Crippen LogP contribution in [0.2, 0.25) is 0 Å². The SMILES string of the molecule is CC(=O)SC(CC(=O)c1ccccc1)C(=O)N1C(c2cccc(C(F)(F)F)c2)SC[C@H]1C(=O)O. The summed E-state index contributed by atoms with van der Waals surface area (Å²) in [6, 6.07) is 11.1. The Morgan fingerprint density at radius 1 is 1.12 bits per heavy atom. The maximum Gasteiger partial charge on any atom is 0.416 e. The van der Waals surface area contributed by atoms with Gasteiger partial charge in [-0.2, -0.15) is 13.2 Å². The third-order valence-corrected chi connectivity index (χ3v) is 7.40. The standard InChI is InChI=1S/C23H20F3NO5S2/c1-13(28)34-19(11-18(29)14-6-3-2-4-7-14)20(30)27-17(22(31)32)12-33-21(27)15-8-5-9-16(10-15)23(24,25)26/h2-10,17,19,21H,11-12H2,1H3,(H,31,32)/t17-,19?,21?/m0/s1. The second-order valence-corrected chi connectivity index (χ2v) is 9.99. The summed E-state index contributed by atoms with van der Waals surface area (Å²) in [7, 11) is 0. The van der Waals surface area contributed by atoms with Crippen molar-refractivity contribution in [3.05, 3.63) is 71.3 Å². The number of thioether (sulfide) groups is 2. The van der Waals surface area contributed by atoms with Crippen LogP contribution in [0, 0.1) is 0 Å². The van der Waals surface area contributed by atoms with Gasteiger partial charge in [0.15, 0.2) is 10.9 Å². The van der Waals surface area contributed by atoms with E-state index >= 15 is 0 Å². The Hall–Kier alpha value is -2.79. The first kappa shape index (κ1) is 25.8.